The van der Waals surface area contributed by atoms with Crippen LogP contribution in [0.15, 0.2) is 53.1 Å². The van der Waals surface area contributed by atoms with Gasteiger partial charge in [0.25, 0.3) is 11.6 Å². The van der Waals surface area contributed by atoms with Crippen LogP contribution in [0.25, 0.3) is 11.3 Å². The molecule has 0 aliphatic carbocycles. The predicted octanol–water partition coefficient (Wildman–Crippen LogP) is 4.12. The first-order valence-electron chi connectivity index (χ1n) is 7.55. The van der Waals surface area contributed by atoms with E-state index in [9.17, 15) is 14.9 Å². The zero-order valence-electron chi connectivity index (χ0n) is 13.6. The van der Waals surface area contributed by atoms with Crippen LogP contribution in [0.1, 0.15) is 21.6 Å². The monoisotopic (exact) mass is 337 g/mol. The van der Waals surface area contributed by atoms with Crippen molar-refractivity contribution < 1.29 is 14.2 Å². The van der Waals surface area contributed by atoms with Gasteiger partial charge >= 0.3 is 0 Å². The quantitative estimate of drug-likeness (QED) is 0.570. The second-order valence-electron chi connectivity index (χ2n) is 5.60. The van der Waals surface area contributed by atoms with Crippen molar-refractivity contribution in [1.82, 2.24) is 5.16 Å². The van der Waals surface area contributed by atoms with Gasteiger partial charge in [-0.3, -0.25) is 14.9 Å². The number of nitrogens with one attached hydrogen (secondary N) is 1. The summed E-state index contributed by atoms with van der Waals surface area (Å²) in [6, 6.07) is 13.2. The van der Waals surface area contributed by atoms with E-state index in [1.165, 1.54) is 24.3 Å². The Bertz CT molecular complexity index is 928. The van der Waals surface area contributed by atoms with Crippen molar-refractivity contribution in [3.8, 4) is 11.3 Å². The van der Waals surface area contributed by atoms with Gasteiger partial charge in [-0.15, -0.1) is 0 Å². The molecule has 25 heavy (non-hydrogen) atoms. The number of aryl methyl sites for hydroxylation is 2. The summed E-state index contributed by atoms with van der Waals surface area (Å²) in [6.45, 7) is 3.66. The van der Waals surface area contributed by atoms with Crippen molar-refractivity contribution in [3.05, 3.63) is 75.5 Å². The summed E-state index contributed by atoms with van der Waals surface area (Å²) in [6.07, 6.45) is 0. The third-order valence-electron chi connectivity index (χ3n) is 3.74. The summed E-state index contributed by atoms with van der Waals surface area (Å²) in [5, 5.41) is 17.3. The van der Waals surface area contributed by atoms with Crippen LogP contribution in [-0.4, -0.2) is 16.0 Å². The number of hydrogen-bond acceptors (Lipinski definition) is 5. The molecule has 0 radical (unpaired) electrons. The fourth-order valence-electron chi connectivity index (χ4n) is 2.40. The number of rotatable bonds is 4. The smallest absolute Gasteiger partial charge is 0.269 e. The SMILES string of the molecule is Cc1ccc(-c2onc(C)c2C(=O)Nc2ccc([N+](=O)[O-])cc2)cc1. The molecule has 0 atom stereocenters. The average molecular weight is 337 g/mol. The Labute approximate surface area is 143 Å². The number of aromatic nitrogens is 1. The first-order valence-corrected chi connectivity index (χ1v) is 7.55. The maximum Gasteiger partial charge on any atom is 0.269 e. The molecule has 0 bridgehead atoms. The second kappa shape index (κ2) is 6.56. The molecule has 0 aliphatic heterocycles. The Hall–Kier alpha value is -3.48. The Kier molecular flexibility index (Phi) is 4.30. The van der Waals surface area contributed by atoms with E-state index in [4.69, 9.17) is 4.52 Å². The van der Waals surface area contributed by atoms with E-state index in [-0.39, 0.29) is 11.6 Å². The van der Waals surface area contributed by atoms with Gasteiger partial charge < -0.3 is 9.84 Å². The lowest BCUT2D eigenvalue weighted by Crippen LogP contribution is -2.13. The molecule has 0 saturated heterocycles. The highest BCUT2D eigenvalue weighted by Gasteiger charge is 2.22. The van der Waals surface area contributed by atoms with E-state index in [2.05, 4.69) is 10.5 Å². The first-order chi connectivity index (χ1) is 12.0. The molecule has 2 aromatic carbocycles. The summed E-state index contributed by atoms with van der Waals surface area (Å²) >= 11 is 0. The van der Waals surface area contributed by atoms with E-state index in [1.54, 1.807) is 6.92 Å². The molecule has 7 heteroatoms. The molecule has 7 nitrogen and oxygen atoms in total. The predicted molar refractivity (Wildman–Crippen MR) is 92.5 cm³/mol. The van der Waals surface area contributed by atoms with Crippen LogP contribution in [0, 0.1) is 24.0 Å². The largest absolute Gasteiger partial charge is 0.355 e. The highest BCUT2D eigenvalue weighted by Crippen LogP contribution is 2.27. The third-order valence-corrected chi connectivity index (χ3v) is 3.74. The third kappa shape index (κ3) is 3.40. The van der Waals surface area contributed by atoms with Crippen molar-refractivity contribution in [1.29, 1.82) is 0 Å². The Morgan fingerprint density at radius 2 is 1.72 bits per heavy atom. The highest BCUT2D eigenvalue weighted by molar-refractivity contribution is 6.08. The number of nitrogens with zero attached hydrogens (tertiary/aromatic N) is 2. The van der Waals surface area contributed by atoms with Gasteiger partial charge in [-0.2, -0.15) is 0 Å². The molecule has 1 amide bonds. The number of anilines is 1. The average Bonchev–Trinajstić information content (AvgIpc) is 2.97. The molecule has 1 aromatic heterocycles. The summed E-state index contributed by atoms with van der Waals surface area (Å²) < 4.78 is 5.33. The van der Waals surface area contributed by atoms with Crippen molar-refractivity contribution in [2.24, 2.45) is 0 Å². The molecule has 1 N–H and O–H groups in total. The highest BCUT2D eigenvalue weighted by atomic mass is 16.6. The summed E-state index contributed by atoms with van der Waals surface area (Å²) in [7, 11) is 0. The first kappa shape index (κ1) is 16.4. The molecule has 1 heterocycles. The van der Waals surface area contributed by atoms with Gasteiger partial charge in [0.2, 0.25) is 0 Å². The minimum Gasteiger partial charge on any atom is -0.355 e. The Balaban J connectivity index is 1.88. The number of amides is 1. The minimum atomic E-state index is -0.495. The molecule has 0 saturated carbocycles. The molecule has 3 rings (SSSR count). The van der Waals surface area contributed by atoms with E-state index >= 15 is 0 Å². The van der Waals surface area contributed by atoms with Gasteiger partial charge in [-0.1, -0.05) is 35.0 Å². The number of nitro groups is 1. The molecule has 0 fully saturated rings. The van der Waals surface area contributed by atoms with Crippen molar-refractivity contribution >= 4 is 17.3 Å². The Morgan fingerprint density at radius 1 is 1.08 bits per heavy atom. The standard InChI is InChI=1S/C18H15N3O4/c1-11-3-5-13(6-4-11)17-16(12(2)20-25-17)18(22)19-14-7-9-15(10-8-14)21(23)24/h3-10H,1-2H3,(H,19,22). The van der Waals surface area contributed by atoms with Crippen molar-refractivity contribution in [2.45, 2.75) is 13.8 Å². The van der Waals surface area contributed by atoms with Crippen LogP contribution in [0.2, 0.25) is 0 Å². The minimum absolute atomic E-state index is 0.0421. The Morgan fingerprint density at radius 3 is 2.32 bits per heavy atom. The van der Waals surface area contributed by atoms with Crippen LogP contribution in [0.4, 0.5) is 11.4 Å². The zero-order chi connectivity index (χ0) is 18.0. The molecule has 0 spiro atoms. The fourth-order valence-corrected chi connectivity index (χ4v) is 2.40. The molecule has 0 aliphatic rings. The van der Waals surface area contributed by atoms with E-state index in [0.717, 1.165) is 11.1 Å². The summed E-state index contributed by atoms with van der Waals surface area (Å²) in [4.78, 5) is 22.8. The summed E-state index contributed by atoms with van der Waals surface area (Å²) in [5.41, 5.74) is 3.06. The normalized spacial score (nSPS) is 10.5. The van der Waals surface area contributed by atoms with Gasteiger partial charge in [0.05, 0.1) is 10.6 Å². The van der Waals surface area contributed by atoms with E-state index in [1.807, 2.05) is 31.2 Å². The molecular formula is C18H15N3O4. The van der Waals surface area contributed by atoms with E-state index < -0.39 is 4.92 Å². The summed E-state index contributed by atoms with van der Waals surface area (Å²) in [5.74, 6) is 0.0000831. The van der Waals surface area contributed by atoms with Crippen LogP contribution < -0.4 is 5.32 Å². The molecule has 0 unspecified atom stereocenters. The topological polar surface area (TPSA) is 98.3 Å². The van der Waals surface area contributed by atoms with Crippen LogP contribution in [-0.2, 0) is 0 Å². The lowest BCUT2D eigenvalue weighted by Gasteiger charge is -2.06. The van der Waals surface area contributed by atoms with Gasteiger partial charge in [0, 0.05) is 23.4 Å². The van der Waals surface area contributed by atoms with Gasteiger partial charge in [0.15, 0.2) is 5.76 Å². The maximum atomic E-state index is 12.6. The van der Waals surface area contributed by atoms with E-state index in [0.29, 0.717) is 22.7 Å². The number of benzene rings is 2. The number of non-ortho nitro benzene ring substituents is 1. The lowest BCUT2D eigenvalue weighted by atomic mass is 10.0. The van der Waals surface area contributed by atoms with Gasteiger partial charge in [-0.05, 0) is 26.0 Å². The van der Waals surface area contributed by atoms with Crippen molar-refractivity contribution in [3.63, 3.8) is 0 Å². The lowest BCUT2D eigenvalue weighted by molar-refractivity contribution is -0.384. The van der Waals surface area contributed by atoms with Crippen molar-refractivity contribution in [2.75, 3.05) is 5.32 Å². The number of nitro benzene ring substituents is 1. The second-order valence-corrected chi connectivity index (χ2v) is 5.60. The van der Waals surface area contributed by atoms with Gasteiger partial charge in [0.1, 0.15) is 5.56 Å². The maximum absolute atomic E-state index is 12.6. The molecule has 3 aromatic rings. The molecule has 126 valence electrons. The molecular weight excluding hydrogens is 322 g/mol. The van der Waals surface area contributed by atoms with Crippen LogP contribution in [0.5, 0.6) is 0 Å². The zero-order valence-corrected chi connectivity index (χ0v) is 13.6. The fraction of sp³-hybridized carbons (Fsp3) is 0.111. The van der Waals surface area contributed by atoms with Gasteiger partial charge in [-0.25, -0.2) is 0 Å². The number of hydrogen-bond donors (Lipinski definition) is 1. The number of carbonyl (C=O) groups is 1. The van der Waals surface area contributed by atoms with Crippen LogP contribution >= 0.6 is 0 Å². The number of carbonyl (C=O) groups excluding carboxylic acids is 1. The van der Waals surface area contributed by atoms with Crippen LogP contribution in [0.3, 0.4) is 0 Å².